The summed E-state index contributed by atoms with van der Waals surface area (Å²) in [4.78, 5) is 0. The van der Waals surface area contributed by atoms with Crippen molar-refractivity contribution >= 4 is 0 Å². The Balaban J connectivity index is 1.93. The molecule has 0 bridgehead atoms. The fourth-order valence-electron chi connectivity index (χ4n) is 4.28. The van der Waals surface area contributed by atoms with Crippen LogP contribution in [0.3, 0.4) is 0 Å². The number of fused-ring (bicyclic) bond motifs is 1. The van der Waals surface area contributed by atoms with E-state index in [4.69, 9.17) is 0 Å². The second-order valence-corrected chi connectivity index (χ2v) is 6.72. The summed E-state index contributed by atoms with van der Waals surface area (Å²) in [5.74, 6) is 0.572. The van der Waals surface area contributed by atoms with Crippen LogP contribution >= 0.6 is 0 Å². The zero-order chi connectivity index (χ0) is 14.2. The molecule has 106 valence electrons. The zero-order valence-electron chi connectivity index (χ0n) is 12.2. The van der Waals surface area contributed by atoms with Crippen molar-refractivity contribution in [2.24, 2.45) is 11.3 Å². The molecule has 2 heteroatoms. The molecule has 20 heavy (non-hydrogen) atoms. The van der Waals surface area contributed by atoms with E-state index < -0.39 is 11.0 Å². The molecule has 2 atom stereocenters. The fourth-order valence-corrected chi connectivity index (χ4v) is 4.28. The largest absolute Gasteiger partial charge is 0.388 e. The molecule has 0 amide bonds. The lowest BCUT2D eigenvalue weighted by Crippen LogP contribution is -2.51. The molecule has 3 rings (SSSR count). The maximum atomic E-state index is 11.3. The fraction of sp³-hybridized carbons (Fsp3) is 0.611. The van der Waals surface area contributed by atoms with E-state index in [-0.39, 0.29) is 0 Å². The predicted octanol–water partition coefficient (Wildman–Crippen LogP) is 3.63. The number of nitriles is 1. The van der Waals surface area contributed by atoms with Gasteiger partial charge in [0.1, 0.15) is 0 Å². The molecule has 2 aliphatic carbocycles. The number of hydrogen-bond acceptors (Lipinski definition) is 2. The summed E-state index contributed by atoms with van der Waals surface area (Å²) in [6.07, 6.45) is 6.37. The van der Waals surface area contributed by atoms with Gasteiger partial charge in [0, 0.05) is 0 Å². The van der Waals surface area contributed by atoms with Crippen molar-refractivity contribution in [2.45, 2.75) is 57.5 Å². The first-order valence-electron chi connectivity index (χ1n) is 7.83. The van der Waals surface area contributed by atoms with Crippen molar-refractivity contribution in [3.63, 3.8) is 0 Å². The minimum absolute atomic E-state index is 0.572. The van der Waals surface area contributed by atoms with Crippen LogP contribution in [-0.4, -0.2) is 10.7 Å². The van der Waals surface area contributed by atoms with Gasteiger partial charge in [0.05, 0.1) is 17.1 Å². The van der Waals surface area contributed by atoms with E-state index in [2.05, 4.69) is 25.1 Å². The third-order valence-electron chi connectivity index (χ3n) is 5.61. The molecule has 2 nitrogen and oxygen atoms in total. The van der Waals surface area contributed by atoms with Crippen LogP contribution in [-0.2, 0) is 12.8 Å². The summed E-state index contributed by atoms with van der Waals surface area (Å²) in [7, 11) is 0. The first-order chi connectivity index (χ1) is 9.62. The van der Waals surface area contributed by atoms with Crippen LogP contribution in [0.5, 0.6) is 0 Å². The summed E-state index contributed by atoms with van der Waals surface area (Å²) in [6.45, 7) is 2.19. The molecule has 1 aromatic carbocycles. The number of hydrogen-bond donors (Lipinski definition) is 1. The van der Waals surface area contributed by atoms with Crippen molar-refractivity contribution in [2.75, 3.05) is 0 Å². The lowest BCUT2D eigenvalue weighted by Gasteiger charge is -2.45. The monoisotopic (exact) mass is 269 g/mol. The molecule has 2 unspecified atom stereocenters. The van der Waals surface area contributed by atoms with Gasteiger partial charge < -0.3 is 5.11 Å². The van der Waals surface area contributed by atoms with Gasteiger partial charge in [-0.3, -0.25) is 0 Å². The summed E-state index contributed by atoms with van der Waals surface area (Å²) in [5.41, 5.74) is 1.09. The van der Waals surface area contributed by atoms with Crippen LogP contribution in [0.15, 0.2) is 24.3 Å². The van der Waals surface area contributed by atoms with E-state index in [9.17, 15) is 10.4 Å². The summed E-state index contributed by atoms with van der Waals surface area (Å²) >= 11 is 0. The van der Waals surface area contributed by atoms with Crippen molar-refractivity contribution in [1.29, 1.82) is 5.26 Å². The van der Waals surface area contributed by atoms with Gasteiger partial charge in [0.15, 0.2) is 0 Å². The molecule has 0 radical (unpaired) electrons. The smallest absolute Gasteiger partial charge is 0.0940 e. The lowest BCUT2D eigenvalue weighted by atomic mass is 9.61. The van der Waals surface area contributed by atoms with Crippen molar-refractivity contribution in [3.8, 4) is 6.07 Å². The highest BCUT2D eigenvalue weighted by molar-refractivity contribution is 5.39. The van der Waals surface area contributed by atoms with Gasteiger partial charge in [-0.2, -0.15) is 5.26 Å². The van der Waals surface area contributed by atoms with Crippen molar-refractivity contribution < 1.29 is 5.11 Å². The molecule has 0 spiro atoms. The SMILES string of the molecule is CCC1CCCC(O)(C2(C#N)Cc3ccccc3C2)C1. The average Bonchev–Trinajstić information content (AvgIpc) is 2.87. The van der Waals surface area contributed by atoms with Gasteiger partial charge in [-0.25, -0.2) is 0 Å². The minimum atomic E-state index is -0.806. The van der Waals surface area contributed by atoms with Crippen LogP contribution in [0.25, 0.3) is 0 Å². The Bertz CT molecular complexity index is 520. The molecular formula is C18H23NO. The van der Waals surface area contributed by atoms with Gasteiger partial charge in [0.2, 0.25) is 0 Å². The molecule has 0 saturated heterocycles. The van der Waals surface area contributed by atoms with Crippen molar-refractivity contribution in [3.05, 3.63) is 35.4 Å². The summed E-state index contributed by atoms with van der Waals surface area (Å²) in [6, 6.07) is 10.8. The van der Waals surface area contributed by atoms with E-state index in [1.807, 2.05) is 12.1 Å². The second kappa shape index (κ2) is 4.90. The minimum Gasteiger partial charge on any atom is -0.388 e. The van der Waals surface area contributed by atoms with Crippen LogP contribution < -0.4 is 0 Å². The standard InChI is InChI=1S/C18H23NO/c1-2-14-6-5-9-18(20,10-14)17(13-19)11-15-7-3-4-8-16(15)12-17/h3-4,7-8,14,20H,2,5-6,9-12H2,1H3. The Hall–Kier alpha value is -1.33. The first-order valence-corrected chi connectivity index (χ1v) is 7.83. The van der Waals surface area contributed by atoms with E-state index in [1.165, 1.54) is 17.5 Å². The molecule has 0 aliphatic heterocycles. The van der Waals surface area contributed by atoms with Crippen molar-refractivity contribution in [1.82, 2.24) is 0 Å². The molecule has 1 fully saturated rings. The van der Waals surface area contributed by atoms with Gasteiger partial charge >= 0.3 is 0 Å². The highest BCUT2D eigenvalue weighted by Gasteiger charge is 2.55. The Morgan fingerprint density at radius 3 is 2.50 bits per heavy atom. The molecular weight excluding hydrogens is 246 g/mol. The highest BCUT2D eigenvalue weighted by atomic mass is 16.3. The van der Waals surface area contributed by atoms with Gasteiger partial charge in [-0.05, 0) is 42.7 Å². The van der Waals surface area contributed by atoms with Gasteiger partial charge in [0.25, 0.3) is 0 Å². The van der Waals surface area contributed by atoms with E-state index >= 15 is 0 Å². The normalized spacial score (nSPS) is 31.6. The lowest BCUT2D eigenvalue weighted by molar-refractivity contribution is -0.0933. The summed E-state index contributed by atoms with van der Waals surface area (Å²) < 4.78 is 0. The predicted molar refractivity (Wildman–Crippen MR) is 79.1 cm³/mol. The molecule has 2 aliphatic rings. The van der Waals surface area contributed by atoms with Gasteiger partial charge in [-0.1, -0.05) is 50.5 Å². The molecule has 1 N–H and O–H groups in total. The number of aliphatic hydroxyl groups is 1. The molecule has 0 aromatic heterocycles. The number of nitrogens with zero attached hydrogens (tertiary/aromatic N) is 1. The second-order valence-electron chi connectivity index (χ2n) is 6.72. The Labute approximate surface area is 121 Å². The third-order valence-corrected chi connectivity index (χ3v) is 5.61. The highest BCUT2D eigenvalue weighted by Crippen LogP contribution is 2.51. The maximum absolute atomic E-state index is 11.3. The zero-order valence-corrected chi connectivity index (χ0v) is 12.2. The van der Waals surface area contributed by atoms with Crippen LogP contribution in [0, 0.1) is 22.7 Å². The third kappa shape index (κ3) is 1.96. The van der Waals surface area contributed by atoms with Gasteiger partial charge in [-0.15, -0.1) is 0 Å². The Kier molecular flexibility index (Phi) is 3.34. The van der Waals surface area contributed by atoms with E-state index in [0.717, 1.165) is 25.7 Å². The number of rotatable bonds is 2. The van der Waals surface area contributed by atoms with E-state index in [1.54, 1.807) is 0 Å². The number of benzene rings is 1. The molecule has 0 heterocycles. The molecule has 1 saturated carbocycles. The van der Waals surface area contributed by atoms with Crippen LogP contribution in [0.2, 0.25) is 0 Å². The Morgan fingerprint density at radius 1 is 1.30 bits per heavy atom. The summed E-state index contributed by atoms with van der Waals surface area (Å²) in [5, 5.41) is 21.1. The molecule has 1 aromatic rings. The first kappa shape index (κ1) is 13.6. The van der Waals surface area contributed by atoms with Crippen LogP contribution in [0.1, 0.15) is 50.2 Å². The maximum Gasteiger partial charge on any atom is 0.0940 e. The quantitative estimate of drug-likeness (QED) is 0.891. The Morgan fingerprint density at radius 2 is 1.95 bits per heavy atom. The topological polar surface area (TPSA) is 44.0 Å². The van der Waals surface area contributed by atoms with Crippen LogP contribution in [0.4, 0.5) is 0 Å². The van der Waals surface area contributed by atoms with E-state index in [0.29, 0.717) is 18.8 Å². The average molecular weight is 269 g/mol.